The van der Waals surface area contributed by atoms with E-state index in [2.05, 4.69) is 20.6 Å². The number of rotatable bonds is 6. The van der Waals surface area contributed by atoms with Crippen LogP contribution in [-0.4, -0.2) is 30.7 Å². The van der Waals surface area contributed by atoms with Gasteiger partial charge in [-0.25, -0.2) is 9.37 Å². The van der Waals surface area contributed by atoms with E-state index in [-0.39, 0.29) is 5.82 Å². The molecule has 0 aliphatic carbocycles. The average molecular weight is 276 g/mol. The molecule has 1 aromatic heterocycles. The van der Waals surface area contributed by atoms with Crippen LogP contribution in [0.2, 0.25) is 0 Å². The molecule has 2 aromatic rings. The van der Waals surface area contributed by atoms with E-state index in [4.69, 9.17) is 4.74 Å². The minimum absolute atomic E-state index is 0.147. The largest absolute Gasteiger partial charge is 0.384 e. The molecule has 0 bridgehead atoms. The Morgan fingerprint density at radius 3 is 2.85 bits per heavy atom. The van der Waals surface area contributed by atoms with E-state index in [9.17, 15) is 4.39 Å². The van der Waals surface area contributed by atoms with Crippen molar-refractivity contribution in [1.29, 1.82) is 0 Å². The fourth-order valence-corrected chi connectivity index (χ4v) is 1.78. The van der Waals surface area contributed by atoms with Crippen molar-refractivity contribution in [1.82, 2.24) is 9.97 Å². The molecule has 1 heterocycles. The minimum Gasteiger partial charge on any atom is -0.384 e. The Hall–Kier alpha value is -2.21. The molecule has 5 nitrogen and oxygen atoms in total. The summed E-state index contributed by atoms with van der Waals surface area (Å²) in [5, 5.41) is 5.78. The van der Waals surface area contributed by atoms with Gasteiger partial charge in [0.25, 0.3) is 0 Å². The predicted octanol–water partition coefficient (Wildman–Crippen LogP) is 2.59. The Labute approximate surface area is 117 Å². The molecule has 0 radical (unpaired) electrons. The maximum atomic E-state index is 13.7. The van der Waals surface area contributed by atoms with Gasteiger partial charge in [0.15, 0.2) is 11.6 Å². The number of nitrogens with zero attached hydrogens (tertiary/aromatic N) is 2. The predicted molar refractivity (Wildman–Crippen MR) is 76.8 cm³/mol. The first-order chi connectivity index (χ1) is 9.74. The van der Waals surface area contributed by atoms with Gasteiger partial charge in [0.2, 0.25) is 5.95 Å². The first-order valence-corrected chi connectivity index (χ1v) is 6.28. The second-order valence-electron chi connectivity index (χ2n) is 4.17. The van der Waals surface area contributed by atoms with Crippen LogP contribution in [0.1, 0.15) is 5.56 Å². The Morgan fingerprint density at radius 1 is 1.30 bits per heavy atom. The number of benzene rings is 1. The van der Waals surface area contributed by atoms with Crippen LogP contribution < -0.4 is 10.6 Å². The summed E-state index contributed by atoms with van der Waals surface area (Å²) in [5.41, 5.74) is 1.85. The van der Waals surface area contributed by atoms with Crippen LogP contribution in [0.4, 0.5) is 21.8 Å². The highest BCUT2D eigenvalue weighted by molar-refractivity contribution is 5.61. The number of para-hydroxylation sites is 1. The van der Waals surface area contributed by atoms with Crippen molar-refractivity contribution in [2.24, 2.45) is 0 Å². The molecule has 0 unspecified atom stereocenters. The number of methoxy groups -OCH3 is 1. The number of halogens is 1. The molecule has 0 aliphatic rings. The van der Waals surface area contributed by atoms with Crippen molar-refractivity contribution in [2.45, 2.75) is 6.42 Å². The molecule has 6 heteroatoms. The first-order valence-electron chi connectivity index (χ1n) is 6.28. The van der Waals surface area contributed by atoms with Gasteiger partial charge >= 0.3 is 0 Å². The van der Waals surface area contributed by atoms with E-state index in [0.29, 0.717) is 12.6 Å². The van der Waals surface area contributed by atoms with Crippen molar-refractivity contribution in [2.75, 3.05) is 31.4 Å². The molecule has 1 aromatic carbocycles. The van der Waals surface area contributed by atoms with Crippen LogP contribution in [0.5, 0.6) is 0 Å². The molecular weight excluding hydrogens is 259 g/mol. The second kappa shape index (κ2) is 6.81. The van der Waals surface area contributed by atoms with Gasteiger partial charge in [-0.1, -0.05) is 18.2 Å². The topological polar surface area (TPSA) is 59.1 Å². The van der Waals surface area contributed by atoms with Crippen LogP contribution in [-0.2, 0) is 11.2 Å². The molecular formula is C14H17FN4O. The fourth-order valence-electron chi connectivity index (χ4n) is 1.78. The monoisotopic (exact) mass is 276 g/mol. The third-order valence-corrected chi connectivity index (χ3v) is 2.81. The summed E-state index contributed by atoms with van der Waals surface area (Å²) in [4.78, 5) is 7.88. The van der Waals surface area contributed by atoms with Gasteiger partial charge in [0.05, 0.1) is 12.8 Å². The van der Waals surface area contributed by atoms with Crippen LogP contribution in [0.15, 0.2) is 30.5 Å². The molecule has 106 valence electrons. The molecule has 20 heavy (non-hydrogen) atoms. The standard InChI is InChI=1S/C14H17FN4O/c1-16-14-17-9-11(15)13(19-14)18-12-6-4-3-5-10(12)7-8-20-2/h3-6,9H,7-8H2,1-2H3,(H2,16,17,18,19). The zero-order valence-corrected chi connectivity index (χ0v) is 11.5. The number of hydrogen-bond acceptors (Lipinski definition) is 5. The Morgan fingerprint density at radius 2 is 2.10 bits per heavy atom. The lowest BCUT2D eigenvalue weighted by atomic mass is 10.1. The summed E-state index contributed by atoms with van der Waals surface area (Å²) in [6.45, 7) is 0.604. The smallest absolute Gasteiger partial charge is 0.224 e. The second-order valence-corrected chi connectivity index (χ2v) is 4.17. The molecule has 0 amide bonds. The third kappa shape index (κ3) is 3.42. The van der Waals surface area contributed by atoms with Gasteiger partial charge < -0.3 is 15.4 Å². The van der Waals surface area contributed by atoms with Gasteiger partial charge in [0.1, 0.15) is 0 Å². The molecule has 0 fully saturated rings. The van der Waals surface area contributed by atoms with Gasteiger partial charge in [0, 0.05) is 19.8 Å². The quantitative estimate of drug-likeness (QED) is 0.849. The summed E-state index contributed by atoms with van der Waals surface area (Å²) in [7, 11) is 3.34. The van der Waals surface area contributed by atoms with Gasteiger partial charge in [-0.05, 0) is 18.1 Å². The minimum atomic E-state index is -0.495. The van der Waals surface area contributed by atoms with Crippen LogP contribution in [0.3, 0.4) is 0 Å². The summed E-state index contributed by atoms with van der Waals surface area (Å²) in [6.07, 6.45) is 1.88. The van der Waals surface area contributed by atoms with Crippen molar-refractivity contribution < 1.29 is 9.13 Å². The number of aromatic nitrogens is 2. The Bertz CT molecular complexity index is 577. The van der Waals surface area contributed by atoms with Crippen molar-refractivity contribution in [3.05, 3.63) is 41.8 Å². The lowest BCUT2D eigenvalue weighted by Crippen LogP contribution is -2.05. The highest BCUT2D eigenvalue weighted by Gasteiger charge is 2.09. The molecule has 0 atom stereocenters. The van der Waals surface area contributed by atoms with Crippen molar-refractivity contribution >= 4 is 17.5 Å². The lowest BCUT2D eigenvalue weighted by Gasteiger charge is -2.12. The van der Waals surface area contributed by atoms with E-state index in [1.165, 1.54) is 0 Å². The molecule has 0 saturated heterocycles. The van der Waals surface area contributed by atoms with E-state index in [1.54, 1.807) is 14.2 Å². The van der Waals surface area contributed by atoms with Crippen LogP contribution in [0, 0.1) is 5.82 Å². The summed E-state index contributed by atoms with van der Waals surface area (Å²) >= 11 is 0. The highest BCUT2D eigenvalue weighted by atomic mass is 19.1. The maximum absolute atomic E-state index is 13.7. The third-order valence-electron chi connectivity index (χ3n) is 2.81. The Balaban J connectivity index is 2.25. The SMILES string of the molecule is CNc1ncc(F)c(Nc2ccccc2CCOC)n1. The normalized spacial score (nSPS) is 10.3. The number of hydrogen-bond donors (Lipinski definition) is 2. The average Bonchev–Trinajstić information content (AvgIpc) is 2.48. The molecule has 0 aliphatic heterocycles. The van der Waals surface area contributed by atoms with E-state index < -0.39 is 5.82 Å². The zero-order chi connectivity index (χ0) is 14.4. The molecule has 0 saturated carbocycles. The number of nitrogens with one attached hydrogen (secondary N) is 2. The van der Waals surface area contributed by atoms with Gasteiger partial charge in [-0.2, -0.15) is 4.98 Å². The number of anilines is 3. The maximum Gasteiger partial charge on any atom is 0.224 e. The number of ether oxygens (including phenoxy) is 1. The van der Waals surface area contributed by atoms with E-state index in [1.807, 2.05) is 24.3 Å². The van der Waals surface area contributed by atoms with Gasteiger partial charge in [-0.3, -0.25) is 0 Å². The summed E-state index contributed by atoms with van der Waals surface area (Å²) in [6, 6.07) is 7.67. The molecule has 0 spiro atoms. The summed E-state index contributed by atoms with van der Waals surface area (Å²) < 4.78 is 18.8. The molecule has 2 rings (SSSR count). The Kier molecular flexibility index (Phi) is 4.84. The van der Waals surface area contributed by atoms with Crippen LogP contribution >= 0.6 is 0 Å². The lowest BCUT2D eigenvalue weighted by molar-refractivity contribution is 0.202. The first kappa shape index (κ1) is 14.2. The van der Waals surface area contributed by atoms with E-state index >= 15 is 0 Å². The van der Waals surface area contributed by atoms with Gasteiger partial charge in [-0.15, -0.1) is 0 Å². The van der Waals surface area contributed by atoms with Crippen LogP contribution in [0.25, 0.3) is 0 Å². The molecule has 2 N–H and O–H groups in total. The zero-order valence-electron chi connectivity index (χ0n) is 11.5. The van der Waals surface area contributed by atoms with Crippen molar-refractivity contribution in [3.63, 3.8) is 0 Å². The fraction of sp³-hybridized carbons (Fsp3) is 0.286. The van der Waals surface area contributed by atoms with E-state index in [0.717, 1.165) is 23.9 Å². The highest BCUT2D eigenvalue weighted by Crippen LogP contribution is 2.22. The van der Waals surface area contributed by atoms with Crippen molar-refractivity contribution in [3.8, 4) is 0 Å². The summed E-state index contributed by atoms with van der Waals surface area (Å²) in [5.74, 6) is 0.0167.